The van der Waals surface area contributed by atoms with Gasteiger partial charge in [-0.25, -0.2) is 8.42 Å². The highest BCUT2D eigenvalue weighted by atomic mass is 35.5. The number of ether oxygens (including phenoxy) is 3. The van der Waals surface area contributed by atoms with Gasteiger partial charge in [-0.2, -0.15) is 9.30 Å². The molecule has 0 fully saturated rings. The van der Waals surface area contributed by atoms with Crippen LogP contribution in [0.15, 0.2) is 52.4 Å². The van der Waals surface area contributed by atoms with Crippen LogP contribution in [0.5, 0.6) is 0 Å². The minimum Gasteiger partial charge on any atom is -0.383 e. The number of hydrogen-bond acceptors (Lipinski definition) is 7. The molecule has 0 aliphatic rings. The van der Waals surface area contributed by atoms with Crippen molar-refractivity contribution in [1.29, 1.82) is 0 Å². The molecule has 190 valence electrons. The lowest BCUT2D eigenvalue weighted by Gasteiger charge is -2.21. The molecular formula is C23H28ClN3O6S2. The summed E-state index contributed by atoms with van der Waals surface area (Å²) in [6.07, 6.45) is 0. The molecular weight excluding hydrogens is 514 g/mol. The number of thiazole rings is 1. The smallest absolute Gasteiger partial charge is 0.279 e. The van der Waals surface area contributed by atoms with Crippen molar-refractivity contribution in [2.24, 2.45) is 4.99 Å². The summed E-state index contributed by atoms with van der Waals surface area (Å²) < 4.78 is 45.5. The topological polar surface area (TPSA) is 99.4 Å². The second kappa shape index (κ2) is 12.7. The Morgan fingerprint density at radius 3 is 2.23 bits per heavy atom. The molecule has 1 heterocycles. The Balaban J connectivity index is 1.92. The summed E-state index contributed by atoms with van der Waals surface area (Å²) in [5, 5.41) is 0.560. The fraction of sp³-hybridized carbons (Fsp3) is 0.391. The van der Waals surface area contributed by atoms with Crippen molar-refractivity contribution < 1.29 is 27.4 Å². The van der Waals surface area contributed by atoms with E-state index in [1.165, 1.54) is 54.1 Å². The quantitative estimate of drug-likeness (QED) is 0.349. The van der Waals surface area contributed by atoms with Crippen LogP contribution in [-0.2, 0) is 30.8 Å². The molecule has 9 nitrogen and oxygen atoms in total. The largest absolute Gasteiger partial charge is 0.383 e. The Morgan fingerprint density at radius 1 is 1.00 bits per heavy atom. The first-order valence-electron chi connectivity index (χ1n) is 10.8. The molecule has 3 rings (SSSR count). The Morgan fingerprint density at radius 2 is 1.63 bits per heavy atom. The highest BCUT2D eigenvalue weighted by Gasteiger charge is 2.24. The first-order chi connectivity index (χ1) is 16.8. The Kier molecular flexibility index (Phi) is 9.99. The lowest BCUT2D eigenvalue weighted by atomic mass is 10.2. The lowest BCUT2D eigenvalue weighted by molar-refractivity contribution is 0.0997. The van der Waals surface area contributed by atoms with Gasteiger partial charge in [0.05, 0.1) is 40.0 Å². The predicted molar refractivity (Wildman–Crippen MR) is 136 cm³/mol. The second-order valence-corrected chi connectivity index (χ2v) is 10.8. The van der Waals surface area contributed by atoms with E-state index in [1.54, 1.807) is 13.2 Å². The normalized spacial score (nSPS) is 12.7. The number of benzene rings is 2. The third-order valence-electron chi connectivity index (χ3n) is 5.20. The summed E-state index contributed by atoms with van der Waals surface area (Å²) in [6, 6.07) is 11.3. The van der Waals surface area contributed by atoms with Gasteiger partial charge in [0.2, 0.25) is 10.0 Å². The number of para-hydroxylation sites is 1. The monoisotopic (exact) mass is 541 g/mol. The van der Waals surface area contributed by atoms with E-state index in [4.69, 9.17) is 25.8 Å². The molecule has 2 aromatic carbocycles. The average Bonchev–Trinajstić information content (AvgIpc) is 3.20. The van der Waals surface area contributed by atoms with Crippen LogP contribution in [-0.4, -0.2) is 77.4 Å². The van der Waals surface area contributed by atoms with Gasteiger partial charge in [0, 0.05) is 46.5 Å². The zero-order chi connectivity index (χ0) is 25.4. The molecule has 0 bridgehead atoms. The molecule has 35 heavy (non-hydrogen) atoms. The van der Waals surface area contributed by atoms with Crippen molar-refractivity contribution in [2.45, 2.75) is 11.4 Å². The van der Waals surface area contributed by atoms with Crippen molar-refractivity contribution in [3.63, 3.8) is 0 Å². The molecule has 0 radical (unpaired) electrons. The van der Waals surface area contributed by atoms with E-state index in [9.17, 15) is 13.2 Å². The number of rotatable bonds is 12. The lowest BCUT2D eigenvalue weighted by Crippen LogP contribution is -2.36. The van der Waals surface area contributed by atoms with E-state index in [2.05, 4.69) is 4.99 Å². The third kappa shape index (κ3) is 6.56. The number of nitrogens with zero attached hydrogens (tertiary/aromatic N) is 3. The van der Waals surface area contributed by atoms with E-state index in [0.717, 1.165) is 10.2 Å². The first kappa shape index (κ1) is 27.5. The predicted octanol–water partition coefficient (Wildman–Crippen LogP) is 3.03. The minimum absolute atomic E-state index is 0.0741. The van der Waals surface area contributed by atoms with Crippen molar-refractivity contribution >= 4 is 49.1 Å². The Bertz CT molecular complexity index is 1310. The van der Waals surface area contributed by atoms with Gasteiger partial charge in [-0.05, 0) is 36.4 Å². The number of amides is 1. The van der Waals surface area contributed by atoms with E-state index in [1.807, 2.05) is 16.7 Å². The molecule has 0 unspecified atom stereocenters. The Labute approximate surface area is 213 Å². The van der Waals surface area contributed by atoms with Crippen molar-refractivity contribution in [2.75, 3.05) is 54.2 Å². The highest BCUT2D eigenvalue weighted by Crippen LogP contribution is 2.25. The summed E-state index contributed by atoms with van der Waals surface area (Å²) >= 11 is 7.75. The van der Waals surface area contributed by atoms with Crippen molar-refractivity contribution in [3.05, 3.63) is 57.9 Å². The first-order valence-corrected chi connectivity index (χ1v) is 13.4. The summed E-state index contributed by atoms with van der Waals surface area (Å²) in [6.45, 7) is 1.78. The van der Waals surface area contributed by atoms with Crippen LogP contribution in [0.3, 0.4) is 0 Å². The molecule has 0 atom stereocenters. The molecule has 1 aromatic heterocycles. The molecule has 0 aliphatic heterocycles. The number of carbonyl (C=O) groups is 1. The number of methoxy groups -OCH3 is 3. The van der Waals surface area contributed by atoms with Crippen LogP contribution in [0.1, 0.15) is 10.4 Å². The van der Waals surface area contributed by atoms with Gasteiger partial charge in [0.25, 0.3) is 5.91 Å². The molecule has 0 saturated carbocycles. The number of aromatic nitrogens is 1. The van der Waals surface area contributed by atoms with Gasteiger partial charge < -0.3 is 18.8 Å². The van der Waals surface area contributed by atoms with E-state index in [0.29, 0.717) is 23.0 Å². The number of hydrogen-bond donors (Lipinski definition) is 0. The number of sulfonamides is 1. The number of carbonyl (C=O) groups excluding carboxylic acids is 1. The molecule has 1 amide bonds. The van der Waals surface area contributed by atoms with Crippen LogP contribution in [0.2, 0.25) is 5.02 Å². The molecule has 3 aromatic rings. The standard InChI is InChI=1S/C23H28ClN3O6S2/c1-31-14-11-26(12-15-32-2)35(29,30)18-9-7-17(8-10-18)22(28)25-23-27(13-16-33-3)21-19(24)5-4-6-20(21)34-23/h4-10H,11-16H2,1-3H3. The molecule has 0 aliphatic carbocycles. The van der Waals surface area contributed by atoms with Crippen LogP contribution in [0.25, 0.3) is 10.2 Å². The summed E-state index contributed by atoms with van der Waals surface area (Å²) in [4.78, 5) is 17.8. The maximum Gasteiger partial charge on any atom is 0.279 e. The summed E-state index contributed by atoms with van der Waals surface area (Å²) in [7, 11) is 0.829. The van der Waals surface area contributed by atoms with Gasteiger partial charge in [0.1, 0.15) is 0 Å². The van der Waals surface area contributed by atoms with Crippen molar-refractivity contribution in [3.8, 4) is 0 Å². The van der Waals surface area contributed by atoms with Crippen LogP contribution < -0.4 is 4.80 Å². The molecule has 0 saturated heterocycles. The second-order valence-electron chi connectivity index (χ2n) is 7.45. The van der Waals surface area contributed by atoms with Gasteiger partial charge in [-0.3, -0.25) is 4.79 Å². The van der Waals surface area contributed by atoms with Gasteiger partial charge in [-0.1, -0.05) is 29.0 Å². The average molecular weight is 542 g/mol. The Hall–Kier alpha value is -2.12. The van der Waals surface area contributed by atoms with Crippen LogP contribution >= 0.6 is 22.9 Å². The van der Waals surface area contributed by atoms with Gasteiger partial charge in [-0.15, -0.1) is 0 Å². The zero-order valence-electron chi connectivity index (χ0n) is 19.8. The van der Waals surface area contributed by atoms with E-state index < -0.39 is 15.9 Å². The summed E-state index contributed by atoms with van der Waals surface area (Å²) in [5.41, 5.74) is 1.06. The molecule has 12 heteroatoms. The summed E-state index contributed by atoms with van der Waals surface area (Å²) in [5.74, 6) is -0.488. The molecule has 0 spiro atoms. The third-order valence-corrected chi connectivity index (χ3v) is 8.46. The minimum atomic E-state index is -3.79. The molecule has 0 N–H and O–H groups in total. The SMILES string of the molecule is COCCN(CCOC)S(=O)(=O)c1ccc(C(=O)N=c2sc3cccc(Cl)c3n2CCOC)cc1. The number of fused-ring (bicyclic) bond motifs is 1. The van der Waals surface area contributed by atoms with Gasteiger partial charge >= 0.3 is 0 Å². The zero-order valence-corrected chi connectivity index (χ0v) is 22.2. The fourth-order valence-electron chi connectivity index (χ4n) is 3.37. The van der Waals surface area contributed by atoms with Crippen LogP contribution in [0.4, 0.5) is 0 Å². The van der Waals surface area contributed by atoms with E-state index in [-0.39, 0.29) is 36.8 Å². The van der Waals surface area contributed by atoms with Crippen molar-refractivity contribution in [1.82, 2.24) is 8.87 Å². The van der Waals surface area contributed by atoms with Crippen LogP contribution in [0, 0.1) is 0 Å². The van der Waals surface area contributed by atoms with E-state index >= 15 is 0 Å². The highest BCUT2D eigenvalue weighted by molar-refractivity contribution is 7.89. The maximum atomic E-state index is 13.1. The maximum absolute atomic E-state index is 13.1. The fourth-order valence-corrected chi connectivity index (χ4v) is 6.19. The number of halogens is 1. The van der Waals surface area contributed by atoms with Gasteiger partial charge in [0.15, 0.2) is 4.80 Å².